The zero-order valence-electron chi connectivity index (χ0n) is 13.0. The Labute approximate surface area is 141 Å². The third-order valence-electron chi connectivity index (χ3n) is 4.23. The van der Waals surface area contributed by atoms with Gasteiger partial charge in [-0.05, 0) is 25.3 Å². The number of aromatic nitrogens is 2. The van der Waals surface area contributed by atoms with Crippen molar-refractivity contribution in [2.45, 2.75) is 43.9 Å². The van der Waals surface area contributed by atoms with Crippen molar-refractivity contribution in [3.63, 3.8) is 0 Å². The maximum Gasteiger partial charge on any atom is 0.393 e. The number of rotatable bonds is 5. The van der Waals surface area contributed by atoms with Gasteiger partial charge >= 0.3 is 6.18 Å². The molecule has 1 fully saturated rings. The SMILES string of the molecule is N[C@H]1CC[C@@H](N(CCO)c2ncnc3sc(CC(F)(F)F)cc23)C1. The molecule has 132 valence electrons. The zero-order valence-corrected chi connectivity index (χ0v) is 13.8. The summed E-state index contributed by atoms with van der Waals surface area (Å²) >= 11 is 1.03. The second-order valence-corrected chi connectivity index (χ2v) is 7.18. The Hall–Kier alpha value is -1.45. The van der Waals surface area contributed by atoms with Crippen LogP contribution in [0.15, 0.2) is 12.4 Å². The first-order chi connectivity index (χ1) is 11.4. The Morgan fingerprint density at radius 3 is 2.75 bits per heavy atom. The van der Waals surface area contributed by atoms with Gasteiger partial charge in [-0.15, -0.1) is 11.3 Å². The minimum Gasteiger partial charge on any atom is -0.395 e. The van der Waals surface area contributed by atoms with E-state index in [4.69, 9.17) is 5.73 Å². The molecule has 0 spiro atoms. The van der Waals surface area contributed by atoms with Crippen molar-refractivity contribution in [2.75, 3.05) is 18.1 Å². The first-order valence-electron chi connectivity index (χ1n) is 7.80. The van der Waals surface area contributed by atoms with Crippen LogP contribution in [-0.2, 0) is 6.42 Å². The molecule has 2 aromatic rings. The van der Waals surface area contributed by atoms with Gasteiger partial charge in [0.1, 0.15) is 17.0 Å². The van der Waals surface area contributed by atoms with Crippen LogP contribution >= 0.6 is 11.3 Å². The van der Waals surface area contributed by atoms with E-state index in [1.165, 1.54) is 12.4 Å². The Morgan fingerprint density at radius 2 is 2.12 bits per heavy atom. The fourth-order valence-electron chi connectivity index (χ4n) is 3.25. The van der Waals surface area contributed by atoms with Crippen molar-refractivity contribution in [2.24, 2.45) is 5.73 Å². The van der Waals surface area contributed by atoms with E-state index in [-0.39, 0.29) is 23.6 Å². The Bertz CT molecular complexity index is 706. The van der Waals surface area contributed by atoms with Gasteiger partial charge in [-0.1, -0.05) is 0 Å². The van der Waals surface area contributed by atoms with Gasteiger partial charge in [-0.25, -0.2) is 9.97 Å². The molecular weight excluding hydrogens is 341 g/mol. The molecule has 0 aromatic carbocycles. The van der Waals surface area contributed by atoms with E-state index in [0.29, 0.717) is 22.6 Å². The number of nitrogens with zero attached hydrogens (tertiary/aromatic N) is 3. The number of hydrogen-bond acceptors (Lipinski definition) is 6. The number of nitrogens with two attached hydrogens (primary N) is 1. The van der Waals surface area contributed by atoms with Crippen molar-refractivity contribution >= 4 is 27.4 Å². The highest BCUT2D eigenvalue weighted by atomic mass is 32.1. The van der Waals surface area contributed by atoms with Gasteiger partial charge < -0.3 is 15.7 Å². The topological polar surface area (TPSA) is 75.3 Å². The number of aliphatic hydroxyl groups excluding tert-OH is 1. The number of halogens is 3. The van der Waals surface area contributed by atoms with Crippen LogP contribution in [0.2, 0.25) is 0 Å². The predicted molar refractivity (Wildman–Crippen MR) is 87.2 cm³/mol. The third-order valence-corrected chi connectivity index (χ3v) is 5.28. The molecule has 0 unspecified atom stereocenters. The van der Waals surface area contributed by atoms with Gasteiger partial charge in [0.15, 0.2) is 0 Å². The van der Waals surface area contributed by atoms with Gasteiger partial charge in [0, 0.05) is 23.5 Å². The summed E-state index contributed by atoms with van der Waals surface area (Å²) in [6.07, 6.45) is -1.30. The molecule has 3 N–H and O–H groups in total. The maximum atomic E-state index is 12.7. The highest BCUT2D eigenvalue weighted by molar-refractivity contribution is 7.18. The largest absolute Gasteiger partial charge is 0.395 e. The van der Waals surface area contributed by atoms with Crippen LogP contribution < -0.4 is 10.6 Å². The Balaban J connectivity index is 1.97. The van der Waals surface area contributed by atoms with Crippen LogP contribution in [0.1, 0.15) is 24.1 Å². The Morgan fingerprint density at radius 1 is 1.33 bits per heavy atom. The van der Waals surface area contributed by atoms with Gasteiger partial charge in [-0.3, -0.25) is 0 Å². The second-order valence-electron chi connectivity index (χ2n) is 6.06. The standard InChI is InChI=1S/C15H19F3N4OS/c16-15(17,18)7-11-6-12-13(20-8-21-14(12)24-11)22(3-4-23)10-2-1-9(19)5-10/h6,8-10,23H,1-5,7,19H2/t9-,10+/m0/s1. The molecule has 0 saturated heterocycles. The van der Waals surface area contributed by atoms with Crippen LogP contribution in [0.3, 0.4) is 0 Å². The number of aliphatic hydroxyl groups is 1. The van der Waals surface area contributed by atoms with Crippen molar-refractivity contribution < 1.29 is 18.3 Å². The van der Waals surface area contributed by atoms with Gasteiger partial charge in [0.05, 0.1) is 18.4 Å². The minimum absolute atomic E-state index is 0.0588. The van der Waals surface area contributed by atoms with E-state index in [2.05, 4.69) is 9.97 Å². The number of thiophene rings is 1. The molecule has 24 heavy (non-hydrogen) atoms. The van der Waals surface area contributed by atoms with E-state index in [9.17, 15) is 18.3 Å². The maximum absolute atomic E-state index is 12.7. The summed E-state index contributed by atoms with van der Waals surface area (Å²) in [4.78, 5) is 11.1. The van der Waals surface area contributed by atoms with Crippen molar-refractivity contribution in [1.82, 2.24) is 9.97 Å². The van der Waals surface area contributed by atoms with Gasteiger partial charge in [-0.2, -0.15) is 13.2 Å². The summed E-state index contributed by atoms with van der Waals surface area (Å²) in [6, 6.07) is 1.76. The summed E-state index contributed by atoms with van der Waals surface area (Å²) in [6.45, 7) is 0.310. The van der Waals surface area contributed by atoms with Crippen molar-refractivity contribution in [3.8, 4) is 0 Å². The first kappa shape index (κ1) is 17.4. The highest BCUT2D eigenvalue weighted by Gasteiger charge is 2.31. The van der Waals surface area contributed by atoms with Crippen LogP contribution in [0.5, 0.6) is 0 Å². The summed E-state index contributed by atoms with van der Waals surface area (Å²) in [5.74, 6) is 0.581. The lowest BCUT2D eigenvalue weighted by molar-refractivity contribution is -0.126. The average molecular weight is 360 g/mol. The summed E-state index contributed by atoms with van der Waals surface area (Å²) < 4.78 is 38.0. The van der Waals surface area contributed by atoms with Crippen molar-refractivity contribution in [3.05, 3.63) is 17.3 Å². The average Bonchev–Trinajstić information content (AvgIpc) is 3.08. The molecular formula is C15H19F3N4OS. The predicted octanol–water partition coefficient (Wildman–Crippen LogP) is 2.47. The molecule has 3 rings (SSSR count). The zero-order chi connectivity index (χ0) is 17.3. The monoisotopic (exact) mass is 360 g/mol. The molecule has 0 radical (unpaired) electrons. The number of hydrogen-bond donors (Lipinski definition) is 2. The van der Waals surface area contributed by atoms with Crippen LogP contribution in [-0.4, -0.2) is 46.5 Å². The molecule has 0 aliphatic heterocycles. The second kappa shape index (κ2) is 6.81. The normalized spacial score (nSPS) is 21.5. The van der Waals surface area contributed by atoms with E-state index in [1.807, 2.05) is 4.90 Å². The van der Waals surface area contributed by atoms with E-state index in [0.717, 1.165) is 30.6 Å². The number of alkyl halides is 3. The van der Waals surface area contributed by atoms with E-state index >= 15 is 0 Å². The van der Waals surface area contributed by atoms with Crippen LogP contribution in [0.4, 0.5) is 19.0 Å². The molecule has 1 aliphatic rings. The number of fused-ring (bicyclic) bond motifs is 1. The van der Waals surface area contributed by atoms with Crippen molar-refractivity contribution in [1.29, 1.82) is 0 Å². The van der Waals surface area contributed by atoms with Gasteiger partial charge in [0.25, 0.3) is 0 Å². The number of anilines is 1. The molecule has 9 heteroatoms. The Kier molecular flexibility index (Phi) is 4.93. The van der Waals surface area contributed by atoms with E-state index < -0.39 is 12.6 Å². The molecule has 2 heterocycles. The fourth-order valence-corrected chi connectivity index (χ4v) is 4.27. The summed E-state index contributed by atoms with van der Waals surface area (Å²) in [7, 11) is 0. The molecule has 0 amide bonds. The molecule has 5 nitrogen and oxygen atoms in total. The smallest absolute Gasteiger partial charge is 0.393 e. The lowest BCUT2D eigenvalue weighted by Crippen LogP contribution is -2.37. The lowest BCUT2D eigenvalue weighted by atomic mass is 10.2. The first-order valence-corrected chi connectivity index (χ1v) is 8.62. The molecule has 1 aliphatic carbocycles. The summed E-state index contributed by atoms with van der Waals surface area (Å²) in [5, 5.41) is 10.00. The van der Waals surface area contributed by atoms with Crippen LogP contribution in [0, 0.1) is 0 Å². The molecule has 2 atom stereocenters. The lowest BCUT2D eigenvalue weighted by Gasteiger charge is -2.30. The quantitative estimate of drug-likeness (QED) is 0.857. The minimum atomic E-state index is -4.25. The molecule has 1 saturated carbocycles. The highest BCUT2D eigenvalue weighted by Crippen LogP contribution is 2.36. The summed E-state index contributed by atoms with van der Waals surface area (Å²) in [5.41, 5.74) is 5.98. The molecule has 0 bridgehead atoms. The fraction of sp³-hybridized carbons (Fsp3) is 0.600. The van der Waals surface area contributed by atoms with E-state index in [1.54, 1.807) is 0 Å². The van der Waals surface area contributed by atoms with Gasteiger partial charge in [0.2, 0.25) is 0 Å². The van der Waals surface area contributed by atoms with Crippen LogP contribution in [0.25, 0.3) is 10.2 Å². The molecule has 2 aromatic heterocycles. The third kappa shape index (κ3) is 3.79.